The van der Waals surface area contributed by atoms with E-state index < -0.39 is 11.4 Å². The Labute approximate surface area is 131 Å². The molecule has 1 N–H and O–H groups in total. The molecule has 1 aromatic rings. The van der Waals surface area contributed by atoms with Crippen molar-refractivity contribution >= 4 is 23.8 Å². The summed E-state index contributed by atoms with van der Waals surface area (Å²) < 4.78 is 5.05. The minimum absolute atomic E-state index is 0.133. The van der Waals surface area contributed by atoms with Crippen LogP contribution in [0.15, 0.2) is 24.4 Å². The molecular formula is C17H24N2O3. The number of hydrogen-bond acceptors (Lipinski definition) is 4. The fourth-order valence-corrected chi connectivity index (χ4v) is 1.47. The molecule has 0 radical (unpaired) electrons. The molecule has 0 bridgehead atoms. The summed E-state index contributed by atoms with van der Waals surface area (Å²) in [6.07, 6.45) is 6.36. The topological polar surface area (TPSA) is 68.3 Å². The van der Waals surface area contributed by atoms with E-state index in [1.165, 1.54) is 6.08 Å². The number of anilines is 1. The van der Waals surface area contributed by atoms with Crippen LogP contribution in [0, 0.1) is 5.41 Å². The average molecular weight is 304 g/mol. The lowest BCUT2D eigenvalue weighted by Gasteiger charge is -2.18. The molecular weight excluding hydrogens is 280 g/mol. The number of pyridine rings is 1. The Hall–Kier alpha value is -2.17. The van der Waals surface area contributed by atoms with Gasteiger partial charge in [0.05, 0.1) is 6.61 Å². The third-order valence-electron chi connectivity index (χ3n) is 2.89. The highest BCUT2D eigenvalue weighted by Gasteiger charge is 2.22. The monoisotopic (exact) mass is 304 g/mol. The summed E-state index contributed by atoms with van der Waals surface area (Å²) in [6, 6.07) is 3.52. The molecule has 0 spiro atoms. The van der Waals surface area contributed by atoms with Gasteiger partial charge >= 0.3 is 5.97 Å². The van der Waals surface area contributed by atoms with Crippen molar-refractivity contribution in [2.24, 2.45) is 5.41 Å². The van der Waals surface area contributed by atoms with Crippen molar-refractivity contribution in [2.45, 2.75) is 40.5 Å². The molecule has 22 heavy (non-hydrogen) atoms. The summed E-state index contributed by atoms with van der Waals surface area (Å²) >= 11 is 0. The molecule has 0 saturated heterocycles. The number of ether oxygens (including phenoxy) is 1. The van der Waals surface area contributed by atoms with Crippen LogP contribution < -0.4 is 5.32 Å². The van der Waals surface area contributed by atoms with Gasteiger partial charge in [-0.25, -0.2) is 9.78 Å². The molecule has 0 fully saturated rings. The first-order chi connectivity index (χ1) is 10.3. The van der Waals surface area contributed by atoms with Crippen LogP contribution >= 0.6 is 0 Å². The maximum absolute atomic E-state index is 12.0. The third-order valence-corrected chi connectivity index (χ3v) is 2.89. The number of rotatable bonds is 6. The van der Waals surface area contributed by atoms with Crippen LogP contribution in [0.25, 0.3) is 6.08 Å². The fraction of sp³-hybridized carbons (Fsp3) is 0.471. The smallest absolute Gasteiger partial charge is 0.330 e. The van der Waals surface area contributed by atoms with E-state index in [1.54, 1.807) is 24.4 Å². The van der Waals surface area contributed by atoms with Gasteiger partial charge in [-0.15, -0.1) is 0 Å². The standard InChI is InChI=1S/C17H24N2O3/c1-5-6-12-22-14(20)10-9-13-8-7-11-18-15(13)19-16(21)17(2,3)4/h7-11H,5-6,12H2,1-4H3,(H,18,19,21)/b10-9+. The quantitative estimate of drug-likeness (QED) is 0.497. The van der Waals surface area contributed by atoms with E-state index in [1.807, 2.05) is 27.7 Å². The number of aromatic nitrogens is 1. The maximum atomic E-state index is 12.0. The number of unbranched alkanes of at least 4 members (excludes halogenated alkanes) is 1. The van der Waals surface area contributed by atoms with E-state index in [9.17, 15) is 9.59 Å². The zero-order valence-electron chi connectivity index (χ0n) is 13.7. The van der Waals surface area contributed by atoms with Crippen LogP contribution in [0.3, 0.4) is 0 Å². The van der Waals surface area contributed by atoms with E-state index in [2.05, 4.69) is 10.3 Å². The number of nitrogens with one attached hydrogen (secondary N) is 1. The summed E-state index contributed by atoms with van der Waals surface area (Å²) in [6.45, 7) is 7.92. The lowest BCUT2D eigenvalue weighted by molar-refractivity contribution is -0.137. The van der Waals surface area contributed by atoms with Crippen LogP contribution in [0.5, 0.6) is 0 Å². The third kappa shape index (κ3) is 6.08. The molecule has 0 aliphatic carbocycles. The first-order valence-electron chi connectivity index (χ1n) is 7.46. The van der Waals surface area contributed by atoms with Crippen molar-refractivity contribution < 1.29 is 14.3 Å². The summed E-state index contributed by atoms with van der Waals surface area (Å²) in [4.78, 5) is 27.7. The van der Waals surface area contributed by atoms with E-state index >= 15 is 0 Å². The number of hydrogen-bond donors (Lipinski definition) is 1. The van der Waals surface area contributed by atoms with Gasteiger partial charge in [0.15, 0.2) is 0 Å². The van der Waals surface area contributed by atoms with E-state index in [0.717, 1.165) is 12.8 Å². The second-order valence-electron chi connectivity index (χ2n) is 6.00. The fourth-order valence-electron chi connectivity index (χ4n) is 1.47. The van der Waals surface area contributed by atoms with E-state index in [4.69, 9.17) is 4.74 Å². The minimum Gasteiger partial charge on any atom is -0.463 e. The number of carbonyl (C=O) groups excluding carboxylic acids is 2. The van der Waals surface area contributed by atoms with Gasteiger partial charge in [-0.3, -0.25) is 4.79 Å². The average Bonchev–Trinajstić information content (AvgIpc) is 2.45. The molecule has 0 aromatic carbocycles. The lowest BCUT2D eigenvalue weighted by atomic mass is 9.95. The second-order valence-corrected chi connectivity index (χ2v) is 6.00. The van der Waals surface area contributed by atoms with Crippen LogP contribution in [-0.4, -0.2) is 23.5 Å². The molecule has 0 saturated carbocycles. The predicted molar refractivity (Wildman–Crippen MR) is 87.2 cm³/mol. The first-order valence-corrected chi connectivity index (χ1v) is 7.46. The minimum atomic E-state index is -0.516. The zero-order valence-corrected chi connectivity index (χ0v) is 13.7. The molecule has 1 rings (SSSR count). The zero-order chi connectivity index (χ0) is 16.6. The molecule has 120 valence electrons. The van der Waals surface area contributed by atoms with Crippen molar-refractivity contribution in [1.82, 2.24) is 4.98 Å². The van der Waals surface area contributed by atoms with Crippen LogP contribution in [0.4, 0.5) is 5.82 Å². The summed E-state index contributed by atoms with van der Waals surface area (Å²) in [5.41, 5.74) is 0.143. The van der Waals surface area contributed by atoms with Gasteiger partial charge in [-0.05, 0) is 24.6 Å². The molecule has 1 heterocycles. The van der Waals surface area contributed by atoms with Crippen LogP contribution in [-0.2, 0) is 14.3 Å². The number of carbonyl (C=O) groups is 2. The van der Waals surface area contributed by atoms with Crippen molar-refractivity contribution in [3.8, 4) is 0 Å². The Morgan fingerprint density at radius 2 is 2.09 bits per heavy atom. The van der Waals surface area contributed by atoms with Gasteiger partial charge in [-0.1, -0.05) is 34.1 Å². The largest absolute Gasteiger partial charge is 0.463 e. The normalized spacial score (nSPS) is 11.5. The number of nitrogens with zero attached hydrogens (tertiary/aromatic N) is 1. The van der Waals surface area contributed by atoms with Crippen LogP contribution in [0.2, 0.25) is 0 Å². The molecule has 0 aliphatic rings. The van der Waals surface area contributed by atoms with Crippen molar-refractivity contribution in [1.29, 1.82) is 0 Å². The second kappa shape index (κ2) is 8.32. The van der Waals surface area contributed by atoms with Gasteiger partial charge in [0.25, 0.3) is 0 Å². The summed E-state index contributed by atoms with van der Waals surface area (Å²) in [7, 11) is 0. The van der Waals surface area contributed by atoms with Gasteiger partial charge in [0.1, 0.15) is 5.82 Å². The summed E-state index contributed by atoms with van der Waals surface area (Å²) in [5.74, 6) is -0.100. The van der Waals surface area contributed by atoms with Gasteiger partial charge in [-0.2, -0.15) is 0 Å². The highest BCUT2D eigenvalue weighted by atomic mass is 16.5. The highest BCUT2D eigenvalue weighted by molar-refractivity contribution is 5.96. The maximum Gasteiger partial charge on any atom is 0.330 e. The Kier molecular flexibility index (Phi) is 6.76. The van der Waals surface area contributed by atoms with E-state index in [0.29, 0.717) is 18.0 Å². The van der Waals surface area contributed by atoms with Crippen molar-refractivity contribution in [2.75, 3.05) is 11.9 Å². The Morgan fingerprint density at radius 1 is 1.36 bits per heavy atom. The molecule has 0 atom stereocenters. The Balaban J connectivity index is 2.75. The Bertz CT molecular complexity index is 545. The van der Waals surface area contributed by atoms with Gasteiger partial charge in [0.2, 0.25) is 5.91 Å². The molecule has 5 nitrogen and oxygen atoms in total. The van der Waals surface area contributed by atoms with Crippen molar-refractivity contribution in [3.63, 3.8) is 0 Å². The first kappa shape index (κ1) is 17.9. The molecule has 5 heteroatoms. The lowest BCUT2D eigenvalue weighted by Crippen LogP contribution is -2.28. The SMILES string of the molecule is CCCCOC(=O)/C=C/c1cccnc1NC(=O)C(C)(C)C. The number of amides is 1. The molecule has 1 amide bonds. The summed E-state index contributed by atoms with van der Waals surface area (Å²) in [5, 5.41) is 2.77. The Morgan fingerprint density at radius 3 is 2.73 bits per heavy atom. The van der Waals surface area contributed by atoms with Gasteiger partial charge in [0, 0.05) is 23.3 Å². The predicted octanol–water partition coefficient (Wildman–Crippen LogP) is 3.42. The molecule has 0 unspecified atom stereocenters. The highest BCUT2D eigenvalue weighted by Crippen LogP contribution is 2.19. The van der Waals surface area contributed by atoms with Crippen LogP contribution in [0.1, 0.15) is 46.1 Å². The molecule has 1 aromatic heterocycles. The van der Waals surface area contributed by atoms with E-state index in [-0.39, 0.29) is 5.91 Å². The number of esters is 1. The molecule has 0 aliphatic heterocycles. The van der Waals surface area contributed by atoms with Gasteiger partial charge < -0.3 is 10.1 Å². The van der Waals surface area contributed by atoms with Crippen molar-refractivity contribution in [3.05, 3.63) is 30.0 Å².